The largest absolute Gasteiger partial charge is 0.322 e. The van der Waals surface area contributed by atoms with E-state index in [1.165, 1.54) is 6.07 Å². The Bertz CT molecular complexity index is 1450. The molecule has 0 saturated carbocycles. The third kappa shape index (κ3) is 3.91. The number of carbonyl (C=O) groups excluding carboxylic acids is 1. The van der Waals surface area contributed by atoms with Gasteiger partial charge in [0, 0.05) is 34.2 Å². The molecule has 3 heterocycles. The Labute approximate surface area is 192 Å². The van der Waals surface area contributed by atoms with E-state index in [1.807, 2.05) is 42.5 Å². The minimum atomic E-state index is -0.328. The average Bonchev–Trinajstić information content (AvgIpc) is 3.23. The number of nitrogens with one attached hydrogen (secondary N) is 1. The number of fused-ring (bicyclic) bond motifs is 1. The summed E-state index contributed by atoms with van der Waals surface area (Å²) < 4.78 is 1.68. The van der Waals surface area contributed by atoms with Crippen molar-refractivity contribution in [1.29, 1.82) is 0 Å². The lowest BCUT2D eigenvalue weighted by molar-refractivity contribution is 0.102. The van der Waals surface area contributed by atoms with Crippen LogP contribution in [0, 0.1) is 0 Å². The number of anilines is 1. The first kappa shape index (κ1) is 20.1. The van der Waals surface area contributed by atoms with Crippen LogP contribution in [0.4, 0.5) is 5.69 Å². The molecule has 0 saturated heterocycles. The van der Waals surface area contributed by atoms with Crippen molar-refractivity contribution in [3.63, 3.8) is 0 Å². The van der Waals surface area contributed by atoms with Crippen molar-refractivity contribution in [2.45, 2.75) is 0 Å². The van der Waals surface area contributed by atoms with Crippen LogP contribution in [0.15, 0.2) is 79.1 Å². The zero-order valence-electron chi connectivity index (χ0n) is 16.4. The lowest BCUT2D eigenvalue weighted by Crippen LogP contribution is -2.12. The third-order valence-electron chi connectivity index (χ3n) is 4.79. The zero-order valence-corrected chi connectivity index (χ0v) is 17.9. The van der Waals surface area contributed by atoms with Crippen LogP contribution >= 0.6 is 23.2 Å². The van der Waals surface area contributed by atoms with Crippen molar-refractivity contribution in [3.05, 3.63) is 94.7 Å². The molecule has 1 amide bonds. The fourth-order valence-electron chi connectivity index (χ4n) is 3.25. The van der Waals surface area contributed by atoms with Crippen molar-refractivity contribution in [3.8, 4) is 22.6 Å². The number of pyridine rings is 1. The molecule has 3 aromatic heterocycles. The molecule has 5 rings (SSSR count). The zero-order chi connectivity index (χ0) is 22.1. The Morgan fingerprint density at radius 3 is 2.53 bits per heavy atom. The number of hydrogen-bond acceptors (Lipinski definition) is 5. The molecule has 5 aromatic rings. The summed E-state index contributed by atoms with van der Waals surface area (Å²) >= 11 is 12.1. The standard InChI is InChI=1S/C23H14Cl2N6O/c24-16-4-5-18(19(25)13-16)23(32)27-17-3-1-2-15(12-17)20-6-7-21-28-29-22(31(21)30-20)14-8-10-26-11-9-14/h1-13H,(H,27,32). The van der Waals surface area contributed by atoms with Crippen LogP contribution < -0.4 is 5.32 Å². The van der Waals surface area contributed by atoms with Crippen LogP contribution in [0.25, 0.3) is 28.3 Å². The molecule has 0 aliphatic heterocycles. The SMILES string of the molecule is O=C(Nc1cccc(-c2ccc3nnc(-c4ccncc4)n3n2)c1)c1ccc(Cl)cc1Cl. The van der Waals surface area contributed by atoms with Crippen molar-refractivity contribution < 1.29 is 4.79 Å². The Balaban J connectivity index is 1.47. The maximum atomic E-state index is 12.7. The van der Waals surface area contributed by atoms with Gasteiger partial charge in [0.05, 0.1) is 16.3 Å². The van der Waals surface area contributed by atoms with Gasteiger partial charge in [-0.1, -0.05) is 35.3 Å². The van der Waals surface area contributed by atoms with Crippen molar-refractivity contribution in [1.82, 2.24) is 24.8 Å². The minimum absolute atomic E-state index is 0.287. The van der Waals surface area contributed by atoms with Crippen LogP contribution in [-0.2, 0) is 0 Å². The number of halogens is 2. The molecule has 0 unspecified atom stereocenters. The topological polar surface area (TPSA) is 85.1 Å². The van der Waals surface area contributed by atoms with E-state index >= 15 is 0 Å². The lowest BCUT2D eigenvalue weighted by Gasteiger charge is -2.09. The third-order valence-corrected chi connectivity index (χ3v) is 5.34. The van der Waals surface area contributed by atoms with Crippen LogP contribution in [0.1, 0.15) is 10.4 Å². The molecule has 0 atom stereocenters. The predicted molar refractivity (Wildman–Crippen MR) is 124 cm³/mol. The van der Waals surface area contributed by atoms with E-state index in [0.29, 0.717) is 33.4 Å². The van der Waals surface area contributed by atoms with E-state index in [2.05, 4.69) is 20.5 Å². The van der Waals surface area contributed by atoms with Crippen LogP contribution in [0.3, 0.4) is 0 Å². The Morgan fingerprint density at radius 1 is 0.875 bits per heavy atom. The molecule has 2 aromatic carbocycles. The minimum Gasteiger partial charge on any atom is -0.322 e. The number of rotatable bonds is 4. The van der Waals surface area contributed by atoms with Crippen LogP contribution in [-0.4, -0.2) is 30.7 Å². The van der Waals surface area contributed by atoms with Crippen molar-refractivity contribution in [2.24, 2.45) is 0 Å². The first-order valence-electron chi connectivity index (χ1n) is 9.58. The van der Waals surface area contributed by atoms with E-state index in [1.54, 1.807) is 35.1 Å². The highest BCUT2D eigenvalue weighted by Crippen LogP contribution is 2.25. The van der Waals surface area contributed by atoms with E-state index in [0.717, 1.165) is 11.1 Å². The molecule has 32 heavy (non-hydrogen) atoms. The number of hydrogen-bond donors (Lipinski definition) is 1. The molecule has 0 bridgehead atoms. The molecule has 0 aliphatic carbocycles. The second kappa shape index (κ2) is 8.37. The number of amides is 1. The van der Waals surface area contributed by atoms with E-state index < -0.39 is 0 Å². The fraction of sp³-hybridized carbons (Fsp3) is 0. The molecule has 7 nitrogen and oxygen atoms in total. The van der Waals surface area contributed by atoms with Gasteiger partial charge in [-0.05, 0) is 54.6 Å². The molecule has 0 aliphatic rings. The summed E-state index contributed by atoms with van der Waals surface area (Å²) in [6.45, 7) is 0. The van der Waals surface area contributed by atoms with E-state index in [9.17, 15) is 4.79 Å². The number of nitrogens with zero attached hydrogens (tertiary/aromatic N) is 5. The Hall–Kier alpha value is -3.81. The number of benzene rings is 2. The molecule has 9 heteroatoms. The smallest absolute Gasteiger partial charge is 0.257 e. The predicted octanol–water partition coefficient (Wildman–Crippen LogP) is 5.41. The van der Waals surface area contributed by atoms with Crippen molar-refractivity contribution in [2.75, 3.05) is 5.32 Å². The maximum Gasteiger partial charge on any atom is 0.257 e. The highest BCUT2D eigenvalue weighted by Gasteiger charge is 2.13. The van der Waals surface area contributed by atoms with Gasteiger partial charge in [-0.3, -0.25) is 9.78 Å². The van der Waals surface area contributed by atoms with Gasteiger partial charge in [0.25, 0.3) is 5.91 Å². The first-order valence-corrected chi connectivity index (χ1v) is 10.3. The normalized spacial score (nSPS) is 10.9. The molecule has 0 fully saturated rings. The van der Waals surface area contributed by atoms with E-state index in [-0.39, 0.29) is 10.9 Å². The number of carbonyl (C=O) groups is 1. The van der Waals surface area contributed by atoms with E-state index in [4.69, 9.17) is 28.3 Å². The molecule has 156 valence electrons. The average molecular weight is 461 g/mol. The van der Waals surface area contributed by atoms with Gasteiger partial charge in [-0.2, -0.15) is 9.61 Å². The molecule has 0 radical (unpaired) electrons. The highest BCUT2D eigenvalue weighted by molar-refractivity contribution is 6.37. The van der Waals surface area contributed by atoms with Crippen LogP contribution in [0.5, 0.6) is 0 Å². The van der Waals surface area contributed by atoms with Gasteiger partial charge in [-0.15, -0.1) is 10.2 Å². The summed E-state index contributed by atoms with van der Waals surface area (Å²) in [5.41, 5.74) is 3.96. The van der Waals surface area contributed by atoms with Gasteiger partial charge in [0.2, 0.25) is 0 Å². The molecular formula is C23H14Cl2N6O. The summed E-state index contributed by atoms with van der Waals surface area (Å²) in [6.07, 6.45) is 3.39. The van der Waals surface area contributed by atoms with Crippen molar-refractivity contribution >= 4 is 40.4 Å². The van der Waals surface area contributed by atoms with Gasteiger partial charge in [-0.25, -0.2) is 0 Å². The summed E-state index contributed by atoms with van der Waals surface area (Å²) in [5.74, 6) is 0.289. The molecule has 1 N–H and O–H groups in total. The molecule has 0 spiro atoms. The monoisotopic (exact) mass is 460 g/mol. The second-order valence-corrected chi connectivity index (χ2v) is 7.75. The van der Waals surface area contributed by atoms with Gasteiger partial charge < -0.3 is 5.32 Å². The summed E-state index contributed by atoms with van der Waals surface area (Å²) in [7, 11) is 0. The highest BCUT2D eigenvalue weighted by atomic mass is 35.5. The first-order chi connectivity index (χ1) is 15.6. The van der Waals surface area contributed by atoms with Crippen LogP contribution in [0.2, 0.25) is 10.0 Å². The second-order valence-electron chi connectivity index (χ2n) is 6.91. The summed E-state index contributed by atoms with van der Waals surface area (Å²) in [5, 5.41) is 16.8. The quantitative estimate of drug-likeness (QED) is 0.387. The fourth-order valence-corrected chi connectivity index (χ4v) is 3.75. The lowest BCUT2D eigenvalue weighted by atomic mass is 10.1. The number of aromatic nitrogens is 5. The maximum absolute atomic E-state index is 12.7. The van der Waals surface area contributed by atoms with Gasteiger partial charge >= 0.3 is 0 Å². The Morgan fingerprint density at radius 2 is 1.72 bits per heavy atom. The molecular weight excluding hydrogens is 447 g/mol. The van der Waals surface area contributed by atoms with Gasteiger partial charge in [0.15, 0.2) is 11.5 Å². The summed E-state index contributed by atoms with van der Waals surface area (Å²) in [6, 6.07) is 19.5. The summed E-state index contributed by atoms with van der Waals surface area (Å²) in [4.78, 5) is 16.7. The van der Waals surface area contributed by atoms with Gasteiger partial charge in [0.1, 0.15) is 0 Å². The Kier molecular flexibility index (Phi) is 5.26.